The van der Waals surface area contributed by atoms with Crippen molar-refractivity contribution in [2.24, 2.45) is 16.3 Å². The van der Waals surface area contributed by atoms with Crippen LogP contribution in [0.3, 0.4) is 0 Å². The van der Waals surface area contributed by atoms with Crippen LogP contribution in [0.1, 0.15) is 57.8 Å². The van der Waals surface area contributed by atoms with Gasteiger partial charge in [0, 0.05) is 53.4 Å². The summed E-state index contributed by atoms with van der Waals surface area (Å²) in [6, 6.07) is 0.460. The van der Waals surface area contributed by atoms with E-state index in [-0.39, 0.29) is 11.3 Å². The molecule has 154 valence electrons. The molecule has 6 nitrogen and oxygen atoms in total. The highest BCUT2D eigenvalue weighted by Crippen LogP contribution is 2.38. The molecule has 0 radical (unpaired) electrons. The quantitative estimate of drug-likeness (QED) is 0.549. The van der Waals surface area contributed by atoms with Crippen LogP contribution in [-0.4, -0.2) is 75.0 Å². The van der Waals surface area contributed by atoms with E-state index in [0.717, 1.165) is 44.1 Å². The van der Waals surface area contributed by atoms with E-state index in [4.69, 9.17) is 0 Å². The minimum absolute atomic E-state index is 0.256. The number of hydrogen-bond donors (Lipinski definition) is 2. The summed E-state index contributed by atoms with van der Waals surface area (Å²) >= 11 is 0. The number of carbonyl (C=O) groups is 1. The molecule has 3 aliphatic rings. The van der Waals surface area contributed by atoms with E-state index in [2.05, 4.69) is 20.5 Å². The fourth-order valence-corrected chi connectivity index (χ4v) is 5.31. The lowest BCUT2D eigenvalue weighted by molar-refractivity contribution is -0.138. The Morgan fingerprint density at radius 2 is 1.85 bits per heavy atom. The van der Waals surface area contributed by atoms with E-state index in [1.807, 2.05) is 21.1 Å². The molecule has 2 N–H and O–H groups in total. The van der Waals surface area contributed by atoms with Gasteiger partial charge in [-0.1, -0.05) is 25.7 Å². The Kier molecular flexibility index (Phi) is 7.01. The van der Waals surface area contributed by atoms with Crippen LogP contribution < -0.4 is 10.6 Å². The molecule has 3 rings (SSSR count). The minimum Gasteiger partial charge on any atom is -0.355 e. The predicted molar refractivity (Wildman–Crippen MR) is 111 cm³/mol. The van der Waals surface area contributed by atoms with E-state index in [1.165, 1.54) is 45.2 Å². The Balaban J connectivity index is 1.47. The highest BCUT2D eigenvalue weighted by atomic mass is 16.2. The second-order valence-corrected chi connectivity index (χ2v) is 9.15. The van der Waals surface area contributed by atoms with Gasteiger partial charge in [0.25, 0.3) is 0 Å². The molecule has 0 bridgehead atoms. The van der Waals surface area contributed by atoms with Crippen LogP contribution >= 0.6 is 0 Å². The van der Waals surface area contributed by atoms with Crippen LogP contribution in [0.2, 0.25) is 0 Å². The van der Waals surface area contributed by atoms with Gasteiger partial charge in [-0.25, -0.2) is 0 Å². The first-order valence-electron chi connectivity index (χ1n) is 10.9. The third-order valence-electron chi connectivity index (χ3n) is 6.84. The summed E-state index contributed by atoms with van der Waals surface area (Å²) < 4.78 is 0. The van der Waals surface area contributed by atoms with Gasteiger partial charge < -0.3 is 20.4 Å². The Hall–Kier alpha value is -1.30. The molecule has 1 saturated heterocycles. The van der Waals surface area contributed by atoms with E-state index < -0.39 is 0 Å². The third-order valence-corrected chi connectivity index (χ3v) is 6.84. The van der Waals surface area contributed by atoms with Crippen molar-refractivity contribution in [3.05, 3.63) is 0 Å². The monoisotopic (exact) mass is 377 g/mol. The Morgan fingerprint density at radius 1 is 1.15 bits per heavy atom. The lowest BCUT2D eigenvalue weighted by Gasteiger charge is -2.31. The smallest absolute Gasteiger partial charge is 0.230 e. The first kappa shape index (κ1) is 20.4. The molecule has 1 unspecified atom stereocenters. The zero-order chi connectivity index (χ0) is 19.3. The maximum atomic E-state index is 12.7. The maximum Gasteiger partial charge on any atom is 0.230 e. The van der Waals surface area contributed by atoms with Crippen molar-refractivity contribution in [2.45, 2.75) is 63.8 Å². The van der Waals surface area contributed by atoms with Crippen molar-refractivity contribution in [3.8, 4) is 0 Å². The topological polar surface area (TPSA) is 60.0 Å². The summed E-state index contributed by atoms with van der Waals surface area (Å²) in [6.45, 7) is 4.25. The summed E-state index contributed by atoms with van der Waals surface area (Å²) in [7, 11) is 5.57. The molecule has 1 aliphatic heterocycles. The van der Waals surface area contributed by atoms with Crippen LogP contribution in [0.4, 0.5) is 0 Å². The van der Waals surface area contributed by atoms with Gasteiger partial charge in [0.1, 0.15) is 0 Å². The number of carbonyl (C=O) groups excluding carboxylic acids is 1. The molecule has 2 saturated carbocycles. The molecule has 0 aromatic heterocycles. The molecule has 2 aliphatic carbocycles. The zero-order valence-corrected chi connectivity index (χ0v) is 17.6. The minimum atomic E-state index is -0.259. The van der Waals surface area contributed by atoms with Crippen LogP contribution in [0.15, 0.2) is 4.99 Å². The van der Waals surface area contributed by atoms with Crippen molar-refractivity contribution in [2.75, 3.05) is 47.3 Å². The van der Waals surface area contributed by atoms with Gasteiger partial charge in [0.15, 0.2) is 5.96 Å². The average molecular weight is 378 g/mol. The number of nitrogens with zero attached hydrogens (tertiary/aromatic N) is 3. The van der Waals surface area contributed by atoms with Crippen LogP contribution in [0.25, 0.3) is 0 Å². The number of amides is 1. The van der Waals surface area contributed by atoms with Gasteiger partial charge in [-0.05, 0) is 38.0 Å². The van der Waals surface area contributed by atoms with Crippen molar-refractivity contribution in [1.29, 1.82) is 0 Å². The standard InChI is InChI=1S/C21H39N5O/c1-22-20(23-16-21(11-6-7-12-21)19(27)25(2)3)24-18-10-13-26(15-18)14-17-8-4-5-9-17/h17-18H,4-16H2,1-3H3,(H2,22,23,24). The van der Waals surface area contributed by atoms with Gasteiger partial charge in [-0.2, -0.15) is 0 Å². The van der Waals surface area contributed by atoms with Crippen molar-refractivity contribution < 1.29 is 4.79 Å². The second-order valence-electron chi connectivity index (χ2n) is 9.15. The van der Waals surface area contributed by atoms with Gasteiger partial charge in [-0.3, -0.25) is 9.79 Å². The van der Waals surface area contributed by atoms with Crippen LogP contribution in [0.5, 0.6) is 0 Å². The van der Waals surface area contributed by atoms with Crippen molar-refractivity contribution in [1.82, 2.24) is 20.4 Å². The molecular weight excluding hydrogens is 338 g/mol. The van der Waals surface area contributed by atoms with E-state index in [9.17, 15) is 4.79 Å². The number of hydrogen-bond acceptors (Lipinski definition) is 3. The molecule has 0 aromatic rings. The number of likely N-dealkylation sites (tertiary alicyclic amines) is 1. The molecule has 1 atom stereocenters. The van der Waals surface area contributed by atoms with Crippen molar-refractivity contribution in [3.63, 3.8) is 0 Å². The second kappa shape index (κ2) is 9.26. The first-order valence-corrected chi connectivity index (χ1v) is 10.9. The fraction of sp³-hybridized carbons (Fsp3) is 0.905. The molecule has 6 heteroatoms. The van der Waals surface area contributed by atoms with E-state index in [1.54, 1.807) is 4.90 Å². The highest BCUT2D eigenvalue weighted by molar-refractivity contribution is 5.85. The van der Waals surface area contributed by atoms with Gasteiger partial charge >= 0.3 is 0 Å². The largest absolute Gasteiger partial charge is 0.355 e. The zero-order valence-electron chi connectivity index (χ0n) is 17.6. The lowest BCUT2D eigenvalue weighted by atomic mass is 9.84. The Morgan fingerprint density at radius 3 is 2.48 bits per heavy atom. The van der Waals surface area contributed by atoms with Crippen LogP contribution in [0, 0.1) is 11.3 Å². The van der Waals surface area contributed by atoms with Gasteiger partial charge in [0.2, 0.25) is 5.91 Å². The van der Waals surface area contributed by atoms with Crippen molar-refractivity contribution >= 4 is 11.9 Å². The van der Waals surface area contributed by atoms with Gasteiger partial charge in [0.05, 0.1) is 5.41 Å². The lowest BCUT2D eigenvalue weighted by Crippen LogP contribution is -2.51. The average Bonchev–Trinajstić information content (AvgIpc) is 3.41. The maximum absolute atomic E-state index is 12.7. The summed E-state index contributed by atoms with van der Waals surface area (Å²) in [5.74, 6) is 2.02. The van der Waals surface area contributed by atoms with E-state index >= 15 is 0 Å². The summed E-state index contributed by atoms with van der Waals surface area (Å²) in [4.78, 5) is 21.5. The Bertz CT molecular complexity index is 521. The number of rotatable bonds is 6. The molecule has 1 amide bonds. The summed E-state index contributed by atoms with van der Waals surface area (Å²) in [6.07, 6.45) is 11.1. The molecule has 0 aromatic carbocycles. The molecule has 1 heterocycles. The number of guanidine groups is 1. The predicted octanol–water partition coefficient (Wildman–Crippen LogP) is 2.06. The highest BCUT2D eigenvalue weighted by Gasteiger charge is 2.42. The molecule has 27 heavy (non-hydrogen) atoms. The number of aliphatic imine (C=N–C) groups is 1. The summed E-state index contributed by atoms with van der Waals surface area (Å²) in [5, 5.41) is 7.08. The number of nitrogens with one attached hydrogen (secondary N) is 2. The first-order chi connectivity index (χ1) is 13.0. The summed E-state index contributed by atoms with van der Waals surface area (Å²) in [5.41, 5.74) is -0.259. The Labute approximate surface area is 165 Å². The van der Waals surface area contributed by atoms with E-state index in [0.29, 0.717) is 12.6 Å². The normalized spacial score (nSPS) is 26.5. The molecule has 0 spiro atoms. The van der Waals surface area contributed by atoms with Crippen LogP contribution in [-0.2, 0) is 4.79 Å². The SMILES string of the molecule is CN=C(NCC1(C(=O)N(C)C)CCCC1)NC1CCN(CC2CCCC2)C1. The molecular formula is C21H39N5O. The third kappa shape index (κ3) is 5.15. The fourth-order valence-electron chi connectivity index (χ4n) is 5.31. The molecule has 3 fully saturated rings. The van der Waals surface area contributed by atoms with Gasteiger partial charge in [-0.15, -0.1) is 0 Å².